The Morgan fingerprint density at radius 3 is 2.67 bits per heavy atom. The molecule has 0 bridgehead atoms. The number of unbranched alkanes of at least 4 members (excludes halogenated alkanes) is 2. The molecule has 1 unspecified atom stereocenters. The first kappa shape index (κ1) is 30.2. The largest absolute Gasteiger partial charge is 0.489 e. The third kappa shape index (κ3) is 7.21. The van der Waals surface area contributed by atoms with Crippen molar-refractivity contribution in [3.05, 3.63) is 106 Å². The van der Waals surface area contributed by atoms with Gasteiger partial charge in [0.1, 0.15) is 23.9 Å². The van der Waals surface area contributed by atoms with Crippen LogP contribution < -0.4 is 10.1 Å². The lowest BCUT2D eigenvalue weighted by Crippen LogP contribution is -2.28. The maximum atomic E-state index is 14.0. The van der Waals surface area contributed by atoms with Crippen molar-refractivity contribution in [3.63, 3.8) is 0 Å². The first-order valence-corrected chi connectivity index (χ1v) is 14.8. The number of aromatic nitrogens is 5. The molecular formula is C32H34ClFN6O3. The van der Waals surface area contributed by atoms with Gasteiger partial charge in [-0.15, -0.1) is 5.10 Å². The van der Waals surface area contributed by atoms with Crippen molar-refractivity contribution in [2.45, 2.75) is 52.3 Å². The molecule has 9 nitrogen and oxygen atoms in total. The number of esters is 1. The minimum atomic E-state index is -0.510. The van der Waals surface area contributed by atoms with Crippen LogP contribution in [0.3, 0.4) is 0 Å². The number of carbonyl (C=O) groups excluding carboxylic acids is 1. The summed E-state index contributed by atoms with van der Waals surface area (Å²) in [5, 5.41) is 17.7. The van der Waals surface area contributed by atoms with Gasteiger partial charge in [0.25, 0.3) is 0 Å². The van der Waals surface area contributed by atoms with Crippen molar-refractivity contribution in [2.24, 2.45) is 0 Å². The summed E-state index contributed by atoms with van der Waals surface area (Å²) in [6.07, 6.45) is 3.08. The minimum Gasteiger partial charge on any atom is -0.489 e. The van der Waals surface area contributed by atoms with E-state index in [1.54, 1.807) is 41.9 Å². The van der Waals surface area contributed by atoms with Gasteiger partial charge in [-0.05, 0) is 66.2 Å². The summed E-state index contributed by atoms with van der Waals surface area (Å²) in [5.74, 6) is 0.413. The van der Waals surface area contributed by atoms with E-state index in [1.807, 2.05) is 30.3 Å². The van der Waals surface area contributed by atoms with Crippen molar-refractivity contribution < 1.29 is 18.7 Å². The van der Waals surface area contributed by atoms with Gasteiger partial charge in [0.05, 0.1) is 19.2 Å². The number of nitrogens with one attached hydrogen (secondary N) is 2. The fourth-order valence-corrected chi connectivity index (χ4v) is 5.14. The Bertz CT molecular complexity index is 1670. The van der Waals surface area contributed by atoms with Crippen molar-refractivity contribution >= 4 is 28.5 Å². The molecule has 11 heteroatoms. The molecule has 0 aliphatic carbocycles. The summed E-state index contributed by atoms with van der Waals surface area (Å²) in [7, 11) is 0. The van der Waals surface area contributed by atoms with Crippen LogP contribution in [0.2, 0.25) is 5.02 Å². The van der Waals surface area contributed by atoms with Crippen molar-refractivity contribution in [2.75, 3.05) is 13.2 Å². The molecule has 2 aromatic heterocycles. The number of benzene rings is 3. The summed E-state index contributed by atoms with van der Waals surface area (Å²) in [6, 6.07) is 19.0. The lowest BCUT2D eigenvalue weighted by atomic mass is 10.0. The molecule has 5 aromatic rings. The molecule has 0 aliphatic rings. The standard InChI is InChI=1S/C32H34ClFN6O3/c1-3-5-8-17-35-29(28-25-16-13-23(33)18-27(25)36-30(28)32(41)42-4-2)31-37-38-39-40(31)19-21-11-14-24(15-12-21)43-20-22-9-6-7-10-26(22)34/h6-7,9-16,18,29,35-36H,3-5,8,17,19-20H2,1-2H3. The maximum Gasteiger partial charge on any atom is 0.355 e. The average molecular weight is 605 g/mol. The van der Waals surface area contributed by atoms with Crippen LogP contribution in [0.4, 0.5) is 4.39 Å². The fourth-order valence-electron chi connectivity index (χ4n) is 4.97. The van der Waals surface area contributed by atoms with Gasteiger partial charge in [-0.3, -0.25) is 0 Å². The highest BCUT2D eigenvalue weighted by Crippen LogP contribution is 2.34. The molecule has 224 valence electrons. The Labute approximate surface area is 254 Å². The van der Waals surface area contributed by atoms with Gasteiger partial charge in [-0.2, -0.15) is 0 Å². The third-order valence-corrected chi connectivity index (χ3v) is 7.36. The van der Waals surface area contributed by atoms with Crippen molar-refractivity contribution in [1.82, 2.24) is 30.5 Å². The normalized spacial score (nSPS) is 12.0. The molecule has 0 fully saturated rings. The predicted molar refractivity (Wildman–Crippen MR) is 163 cm³/mol. The molecule has 0 spiro atoms. The topological polar surface area (TPSA) is 107 Å². The van der Waals surface area contributed by atoms with E-state index in [-0.39, 0.29) is 19.0 Å². The number of hydrogen-bond acceptors (Lipinski definition) is 7. The second-order valence-corrected chi connectivity index (χ2v) is 10.6. The summed E-state index contributed by atoms with van der Waals surface area (Å²) >= 11 is 6.29. The lowest BCUT2D eigenvalue weighted by Gasteiger charge is -2.20. The Kier molecular flexibility index (Phi) is 10.0. The van der Waals surface area contributed by atoms with Crippen LogP contribution in [0.15, 0.2) is 66.7 Å². The number of hydrogen-bond donors (Lipinski definition) is 2. The highest BCUT2D eigenvalue weighted by molar-refractivity contribution is 6.31. The van der Waals surface area contributed by atoms with Gasteiger partial charge < -0.3 is 19.8 Å². The highest BCUT2D eigenvalue weighted by Gasteiger charge is 2.30. The first-order chi connectivity index (χ1) is 21.0. The number of tetrazole rings is 1. The number of carbonyl (C=O) groups is 1. The quantitative estimate of drug-likeness (QED) is 0.108. The number of nitrogens with zero attached hydrogens (tertiary/aromatic N) is 4. The van der Waals surface area contributed by atoms with Gasteiger partial charge >= 0.3 is 5.97 Å². The van der Waals surface area contributed by atoms with Crippen LogP contribution in [-0.4, -0.2) is 44.3 Å². The van der Waals surface area contributed by atoms with Crippen LogP contribution in [0.1, 0.15) is 72.2 Å². The molecule has 5 rings (SSSR count). The third-order valence-electron chi connectivity index (χ3n) is 7.12. The average Bonchev–Trinajstić information content (AvgIpc) is 3.62. The summed E-state index contributed by atoms with van der Waals surface area (Å²) in [5.41, 5.74) is 3.18. The number of H-pyrrole nitrogens is 1. The summed E-state index contributed by atoms with van der Waals surface area (Å²) in [4.78, 5) is 16.4. The second kappa shape index (κ2) is 14.3. The molecule has 1 atom stereocenters. The Morgan fingerprint density at radius 2 is 1.91 bits per heavy atom. The zero-order valence-corrected chi connectivity index (χ0v) is 24.9. The summed E-state index contributed by atoms with van der Waals surface area (Å²) in [6.45, 7) is 5.37. The molecule has 2 heterocycles. The molecular weight excluding hydrogens is 571 g/mol. The number of rotatable bonds is 14. The maximum absolute atomic E-state index is 14.0. The minimum absolute atomic E-state index is 0.132. The summed E-state index contributed by atoms with van der Waals surface area (Å²) < 4.78 is 26.9. The van der Waals surface area contributed by atoms with Gasteiger partial charge in [-0.1, -0.05) is 67.8 Å². The van der Waals surface area contributed by atoms with Gasteiger partial charge in [-0.25, -0.2) is 13.9 Å². The Hall–Kier alpha value is -4.28. The SMILES string of the molecule is CCCCCNC(c1c(C(=O)OCC)[nH]c2cc(Cl)ccc12)c1nnnn1Cc1ccc(OCc2ccccc2F)cc1. The first-order valence-electron chi connectivity index (χ1n) is 14.4. The molecule has 0 saturated heterocycles. The molecule has 0 amide bonds. The monoisotopic (exact) mass is 604 g/mol. The fraction of sp³-hybridized carbons (Fsp3) is 0.312. The van der Waals surface area contributed by atoms with E-state index in [0.29, 0.717) is 46.5 Å². The molecule has 0 saturated carbocycles. The number of fused-ring (bicyclic) bond motifs is 1. The second-order valence-electron chi connectivity index (χ2n) is 10.1. The smallest absolute Gasteiger partial charge is 0.355 e. The van der Waals surface area contributed by atoms with Gasteiger partial charge in [0, 0.05) is 27.1 Å². The van der Waals surface area contributed by atoms with E-state index >= 15 is 0 Å². The van der Waals surface area contributed by atoms with Crippen LogP contribution in [-0.2, 0) is 17.9 Å². The van der Waals surface area contributed by atoms with Crippen molar-refractivity contribution in [3.8, 4) is 5.75 Å². The zero-order chi connectivity index (χ0) is 30.2. The molecule has 2 N–H and O–H groups in total. The van der Waals surface area contributed by atoms with E-state index in [0.717, 1.165) is 35.7 Å². The van der Waals surface area contributed by atoms with Crippen LogP contribution >= 0.6 is 11.6 Å². The van der Waals surface area contributed by atoms with Gasteiger partial charge in [0.15, 0.2) is 5.82 Å². The van der Waals surface area contributed by atoms with Gasteiger partial charge in [0.2, 0.25) is 0 Å². The van der Waals surface area contributed by atoms with Crippen LogP contribution in [0, 0.1) is 5.82 Å². The molecule has 43 heavy (non-hydrogen) atoms. The van der Waals surface area contributed by atoms with Crippen LogP contribution in [0.5, 0.6) is 5.75 Å². The zero-order valence-electron chi connectivity index (χ0n) is 24.1. The Balaban J connectivity index is 1.44. The van der Waals surface area contributed by atoms with E-state index in [2.05, 4.69) is 32.7 Å². The molecule has 0 aliphatic heterocycles. The van der Waals surface area contributed by atoms with E-state index in [9.17, 15) is 9.18 Å². The van der Waals surface area contributed by atoms with E-state index in [4.69, 9.17) is 21.1 Å². The molecule has 0 radical (unpaired) electrons. The molecule has 3 aromatic carbocycles. The van der Waals surface area contributed by atoms with E-state index in [1.165, 1.54) is 6.07 Å². The van der Waals surface area contributed by atoms with Crippen molar-refractivity contribution in [1.29, 1.82) is 0 Å². The van der Waals surface area contributed by atoms with Crippen LogP contribution in [0.25, 0.3) is 10.9 Å². The lowest BCUT2D eigenvalue weighted by molar-refractivity contribution is 0.0518. The van der Waals surface area contributed by atoms with E-state index < -0.39 is 12.0 Å². The number of aromatic amines is 1. The Morgan fingerprint density at radius 1 is 1.09 bits per heavy atom. The number of ether oxygens (including phenoxy) is 2. The predicted octanol–water partition coefficient (Wildman–Crippen LogP) is 6.62. The number of halogens is 2. The highest BCUT2D eigenvalue weighted by atomic mass is 35.5.